The molecule has 0 aromatic heterocycles. The largest absolute Gasteiger partial charge is 0.472 e. The third-order valence-corrected chi connectivity index (χ3v) is 18.8. The maximum Gasteiger partial charge on any atom is 0.472 e. The second kappa shape index (κ2) is 64.2. The molecule has 6 atom stereocenters. The molecule has 0 bridgehead atoms. The minimum Gasteiger partial charge on any atom is -0.462 e. The molecule has 93 heavy (non-hydrogen) atoms. The SMILES string of the molecule is CCCCCC/C=C\C=C/CCCCCCCC(=O)O[C@H](COC(=O)CCCCCCCCC(C)C)COP(=O)(O)OC[C@H](O)COP(=O)(O)OC[C@@H](COC(=O)CCCCCCCCCCCCCCC(C)C)OC(=O)CCCCCCCCCCCCC(C)CC. The first kappa shape index (κ1) is 90.5. The maximum atomic E-state index is 13.1. The van der Waals surface area contributed by atoms with Gasteiger partial charge in [0.05, 0.1) is 26.4 Å². The Bertz CT molecular complexity index is 1910. The van der Waals surface area contributed by atoms with Crippen LogP contribution in [0.5, 0.6) is 0 Å². The number of unbranched alkanes of at least 4 members (excludes halogenated alkanes) is 34. The van der Waals surface area contributed by atoms with Crippen LogP contribution in [0.3, 0.4) is 0 Å². The van der Waals surface area contributed by atoms with Gasteiger partial charge in [0.2, 0.25) is 0 Å². The molecule has 0 saturated carbocycles. The Kier molecular flexibility index (Phi) is 62.5. The fourth-order valence-electron chi connectivity index (χ4n) is 10.7. The normalized spacial score (nSPS) is 14.6. The van der Waals surface area contributed by atoms with Crippen molar-refractivity contribution in [2.45, 2.75) is 369 Å². The zero-order valence-corrected chi connectivity index (χ0v) is 62.0. The number of hydrogen-bond donors (Lipinski definition) is 3. The van der Waals surface area contributed by atoms with Crippen LogP contribution in [0.25, 0.3) is 0 Å². The lowest BCUT2D eigenvalue weighted by molar-refractivity contribution is -0.161. The molecule has 0 aromatic rings. The number of carbonyl (C=O) groups excluding carboxylic acids is 4. The smallest absolute Gasteiger partial charge is 0.462 e. The zero-order chi connectivity index (χ0) is 68.7. The summed E-state index contributed by atoms with van der Waals surface area (Å²) in [5.74, 6) is 0.104. The molecule has 0 aromatic carbocycles. The Balaban J connectivity index is 5.28. The highest BCUT2D eigenvalue weighted by Gasteiger charge is 2.30. The van der Waals surface area contributed by atoms with Gasteiger partial charge < -0.3 is 33.8 Å². The van der Waals surface area contributed by atoms with E-state index in [0.717, 1.165) is 121 Å². The summed E-state index contributed by atoms with van der Waals surface area (Å²) in [6.07, 6.45) is 52.2. The van der Waals surface area contributed by atoms with Crippen LogP contribution in [0.1, 0.15) is 350 Å². The quantitative estimate of drug-likeness (QED) is 0.0169. The first-order chi connectivity index (χ1) is 44.8. The highest BCUT2D eigenvalue weighted by Crippen LogP contribution is 2.45. The van der Waals surface area contributed by atoms with Gasteiger partial charge in [0.15, 0.2) is 12.2 Å². The van der Waals surface area contributed by atoms with Gasteiger partial charge in [0.1, 0.15) is 19.3 Å². The molecule has 0 spiro atoms. The lowest BCUT2D eigenvalue weighted by Crippen LogP contribution is -2.30. The van der Waals surface area contributed by atoms with Crippen LogP contribution >= 0.6 is 15.6 Å². The minimum atomic E-state index is -4.96. The molecule has 0 aliphatic heterocycles. The van der Waals surface area contributed by atoms with Crippen LogP contribution in [-0.2, 0) is 65.4 Å². The predicted octanol–water partition coefficient (Wildman–Crippen LogP) is 21.0. The van der Waals surface area contributed by atoms with Crippen molar-refractivity contribution >= 4 is 39.5 Å². The molecule has 3 unspecified atom stereocenters. The van der Waals surface area contributed by atoms with Crippen molar-refractivity contribution in [3.63, 3.8) is 0 Å². The molecule has 0 fully saturated rings. The number of carbonyl (C=O) groups is 4. The van der Waals surface area contributed by atoms with Gasteiger partial charge in [-0.3, -0.25) is 37.3 Å². The number of aliphatic hydroxyl groups excluding tert-OH is 1. The van der Waals surface area contributed by atoms with Gasteiger partial charge in [-0.05, 0) is 69.1 Å². The second-order valence-corrected chi connectivity index (χ2v) is 30.1. The summed E-state index contributed by atoms with van der Waals surface area (Å²) < 4.78 is 68.4. The molecule has 0 rings (SSSR count). The Hall–Kier alpha value is -2.46. The molecule has 0 aliphatic carbocycles. The lowest BCUT2D eigenvalue weighted by Gasteiger charge is -2.21. The van der Waals surface area contributed by atoms with E-state index in [1.54, 1.807) is 0 Å². The fraction of sp³-hybridized carbons (Fsp3) is 0.892. The van der Waals surface area contributed by atoms with Crippen LogP contribution < -0.4 is 0 Å². The summed E-state index contributed by atoms with van der Waals surface area (Å²) in [4.78, 5) is 72.7. The molecule has 19 heteroatoms. The lowest BCUT2D eigenvalue weighted by atomic mass is 9.99. The number of aliphatic hydroxyl groups is 1. The molecule has 548 valence electrons. The molecule has 0 radical (unpaired) electrons. The standard InChI is InChI=1S/C74H140O17P2/c1-8-10-11-12-13-14-15-16-17-18-23-29-34-43-50-57-73(78)91-70(62-85-72(77)56-49-42-37-36-39-46-53-66(5)6)64-89-93(82,83)87-60-68(75)59-86-92(80,81)88-63-69(90-74(79)58-51-44-35-30-25-24-27-32-40-47-54-67(7)9-2)61-84-71(76)55-48-41-33-28-22-20-19-21-26-31-38-45-52-65(3)4/h14-17,65-70,75H,8-13,18-64H2,1-7H3,(H,80,81)(H,82,83)/b15-14-,17-16-/t67?,68-,69-,70-/m1/s1. The Morgan fingerprint density at radius 1 is 0.355 bits per heavy atom. The summed E-state index contributed by atoms with van der Waals surface area (Å²) in [6, 6.07) is 0. The number of ether oxygens (including phenoxy) is 4. The Labute approximate surface area is 567 Å². The van der Waals surface area contributed by atoms with Crippen LogP contribution in [0.4, 0.5) is 0 Å². The summed E-state index contributed by atoms with van der Waals surface area (Å²) >= 11 is 0. The average Bonchev–Trinajstić information content (AvgIpc) is 3.10. The van der Waals surface area contributed by atoms with E-state index in [1.165, 1.54) is 141 Å². The third-order valence-electron chi connectivity index (χ3n) is 16.9. The van der Waals surface area contributed by atoms with Crippen molar-refractivity contribution in [1.82, 2.24) is 0 Å². The van der Waals surface area contributed by atoms with Crippen LogP contribution in [0, 0.1) is 17.8 Å². The van der Waals surface area contributed by atoms with Gasteiger partial charge in [-0.25, -0.2) is 9.13 Å². The summed E-state index contributed by atoms with van der Waals surface area (Å²) in [7, 11) is -9.92. The number of rotatable bonds is 70. The molecular formula is C74H140O17P2. The van der Waals surface area contributed by atoms with Crippen molar-refractivity contribution in [3.05, 3.63) is 24.3 Å². The molecule has 0 amide bonds. The fourth-order valence-corrected chi connectivity index (χ4v) is 12.3. The highest BCUT2D eigenvalue weighted by atomic mass is 31.2. The van der Waals surface area contributed by atoms with E-state index in [0.29, 0.717) is 31.6 Å². The highest BCUT2D eigenvalue weighted by molar-refractivity contribution is 7.47. The number of hydrogen-bond acceptors (Lipinski definition) is 15. The van der Waals surface area contributed by atoms with Gasteiger partial charge in [-0.2, -0.15) is 0 Å². The molecule has 17 nitrogen and oxygen atoms in total. The van der Waals surface area contributed by atoms with Crippen LogP contribution in [0.15, 0.2) is 24.3 Å². The first-order valence-electron chi connectivity index (χ1n) is 37.7. The van der Waals surface area contributed by atoms with Gasteiger partial charge in [0.25, 0.3) is 0 Å². The first-order valence-corrected chi connectivity index (χ1v) is 40.7. The second-order valence-electron chi connectivity index (χ2n) is 27.2. The maximum absolute atomic E-state index is 13.1. The minimum absolute atomic E-state index is 0.0836. The molecule has 0 heterocycles. The Morgan fingerprint density at radius 3 is 0.957 bits per heavy atom. The zero-order valence-electron chi connectivity index (χ0n) is 60.2. The predicted molar refractivity (Wildman–Crippen MR) is 377 cm³/mol. The number of esters is 4. The van der Waals surface area contributed by atoms with Crippen molar-refractivity contribution in [3.8, 4) is 0 Å². The van der Waals surface area contributed by atoms with Crippen molar-refractivity contribution in [2.75, 3.05) is 39.6 Å². The van der Waals surface area contributed by atoms with Crippen LogP contribution in [-0.4, -0.2) is 96.7 Å². The summed E-state index contributed by atoms with van der Waals surface area (Å²) in [5.41, 5.74) is 0. The van der Waals surface area contributed by atoms with Gasteiger partial charge in [-0.1, -0.05) is 297 Å². The van der Waals surface area contributed by atoms with Gasteiger partial charge in [-0.15, -0.1) is 0 Å². The summed E-state index contributed by atoms with van der Waals surface area (Å²) in [5, 5.41) is 10.6. The number of phosphoric ester groups is 2. The van der Waals surface area contributed by atoms with E-state index >= 15 is 0 Å². The molecule has 0 saturated heterocycles. The van der Waals surface area contributed by atoms with E-state index in [1.807, 2.05) is 0 Å². The van der Waals surface area contributed by atoms with Crippen molar-refractivity contribution < 1.29 is 80.2 Å². The number of phosphoric acid groups is 2. The van der Waals surface area contributed by atoms with Crippen molar-refractivity contribution in [2.24, 2.45) is 17.8 Å². The van der Waals surface area contributed by atoms with Gasteiger partial charge in [0, 0.05) is 25.7 Å². The van der Waals surface area contributed by atoms with Gasteiger partial charge >= 0.3 is 39.5 Å². The van der Waals surface area contributed by atoms with Crippen molar-refractivity contribution in [1.29, 1.82) is 0 Å². The van der Waals surface area contributed by atoms with E-state index in [-0.39, 0.29) is 25.7 Å². The van der Waals surface area contributed by atoms with E-state index in [4.69, 9.17) is 37.0 Å². The average molecular weight is 1360 g/mol. The van der Waals surface area contributed by atoms with E-state index in [2.05, 4.69) is 72.8 Å². The number of allylic oxidation sites excluding steroid dienone is 4. The van der Waals surface area contributed by atoms with E-state index < -0.39 is 97.5 Å². The monoisotopic (exact) mass is 1360 g/mol. The topological polar surface area (TPSA) is 237 Å². The summed E-state index contributed by atoms with van der Waals surface area (Å²) in [6.45, 7) is 11.8. The molecule has 3 N–H and O–H groups in total. The third kappa shape index (κ3) is 66.6. The Morgan fingerprint density at radius 2 is 0.634 bits per heavy atom. The van der Waals surface area contributed by atoms with Crippen LogP contribution in [0.2, 0.25) is 0 Å². The molecular weight excluding hydrogens is 1220 g/mol. The molecule has 0 aliphatic rings. The van der Waals surface area contributed by atoms with E-state index in [9.17, 15) is 43.2 Å².